The van der Waals surface area contributed by atoms with Gasteiger partial charge in [0.1, 0.15) is 31.5 Å². The van der Waals surface area contributed by atoms with Gasteiger partial charge in [0.25, 0.3) is 0 Å². The van der Waals surface area contributed by atoms with Crippen LogP contribution in [0.4, 0.5) is 0 Å². The minimum absolute atomic E-state index is 0.504. The van der Waals surface area contributed by atoms with Gasteiger partial charge in [-0.15, -0.1) is 0 Å². The third-order valence-corrected chi connectivity index (χ3v) is 6.12. The lowest BCUT2D eigenvalue weighted by molar-refractivity contribution is -0.359. The summed E-state index contributed by atoms with van der Waals surface area (Å²) in [7, 11) is 1.22. The molecule has 0 amide bonds. The van der Waals surface area contributed by atoms with E-state index in [0.29, 0.717) is 0 Å². The van der Waals surface area contributed by atoms with Crippen LogP contribution in [0.2, 0.25) is 0 Å². The predicted octanol–water partition coefficient (Wildman–Crippen LogP) is -0.747. The van der Waals surface area contributed by atoms with Crippen LogP contribution in [0.25, 0.3) is 0 Å². The fourth-order valence-corrected chi connectivity index (χ4v) is 4.66. The Kier molecular flexibility index (Phi) is 14.1. The van der Waals surface area contributed by atoms with E-state index < -0.39 is 116 Å². The summed E-state index contributed by atoms with van der Waals surface area (Å²) in [5.41, 5.74) is 0. The second kappa shape index (κ2) is 17.0. The second-order valence-corrected chi connectivity index (χ2v) is 9.90. The molecule has 2 aliphatic rings. The summed E-state index contributed by atoms with van der Waals surface area (Å²) in [6, 6.07) is 0. The molecule has 0 aromatic heterocycles. The fraction of sp³-hybridized carbons (Fsp3) is 0.741. The predicted molar refractivity (Wildman–Crippen MR) is 140 cm³/mol. The van der Waals surface area contributed by atoms with Crippen molar-refractivity contribution in [2.45, 2.75) is 110 Å². The van der Waals surface area contributed by atoms with Gasteiger partial charge in [-0.25, -0.2) is 0 Å². The van der Waals surface area contributed by atoms with Crippen molar-refractivity contribution < 1.29 is 85.7 Å². The van der Waals surface area contributed by atoms with Crippen molar-refractivity contribution in [2.75, 3.05) is 20.3 Å². The van der Waals surface area contributed by atoms with E-state index in [0.717, 1.165) is 48.5 Å². The molecule has 0 radical (unpaired) electrons. The Morgan fingerprint density at radius 2 is 0.778 bits per heavy atom. The molecule has 0 bridgehead atoms. The number of esters is 7. The van der Waals surface area contributed by atoms with Gasteiger partial charge in [0.15, 0.2) is 43.1 Å². The van der Waals surface area contributed by atoms with Crippen molar-refractivity contribution in [1.29, 1.82) is 0 Å². The monoisotopic (exact) mass is 650 g/mol. The lowest BCUT2D eigenvalue weighted by Crippen LogP contribution is -2.67. The van der Waals surface area contributed by atoms with Crippen LogP contribution in [-0.4, -0.2) is 124 Å². The van der Waals surface area contributed by atoms with Gasteiger partial charge in [-0.05, 0) is 0 Å². The Morgan fingerprint density at radius 1 is 0.444 bits per heavy atom. The molecule has 2 aliphatic heterocycles. The Bertz CT molecular complexity index is 1110. The van der Waals surface area contributed by atoms with Gasteiger partial charge in [0.05, 0.1) is 0 Å². The zero-order valence-corrected chi connectivity index (χ0v) is 26.0. The number of rotatable bonds is 12. The molecule has 2 heterocycles. The summed E-state index contributed by atoms with van der Waals surface area (Å²) in [4.78, 5) is 84.0. The second-order valence-electron chi connectivity index (χ2n) is 9.90. The first-order valence-corrected chi connectivity index (χ1v) is 13.7. The number of ether oxygens (including phenoxy) is 11. The summed E-state index contributed by atoms with van der Waals surface area (Å²) in [5.74, 6) is -5.76. The van der Waals surface area contributed by atoms with Crippen LogP contribution in [0, 0.1) is 0 Å². The molecule has 0 N–H and O–H groups in total. The van der Waals surface area contributed by atoms with Crippen LogP contribution in [0.3, 0.4) is 0 Å². The molecule has 2 rings (SSSR count). The zero-order chi connectivity index (χ0) is 34.0. The Labute approximate surface area is 258 Å². The topological polar surface area (TPSA) is 221 Å². The highest BCUT2D eigenvalue weighted by Crippen LogP contribution is 2.35. The Balaban J connectivity index is 2.69. The molecule has 0 unspecified atom stereocenters. The van der Waals surface area contributed by atoms with Crippen molar-refractivity contribution in [3.8, 4) is 0 Å². The van der Waals surface area contributed by atoms with Crippen molar-refractivity contribution in [1.82, 2.24) is 0 Å². The number of hydrogen-bond donors (Lipinski definition) is 0. The highest BCUT2D eigenvalue weighted by molar-refractivity contribution is 5.69. The van der Waals surface area contributed by atoms with Crippen LogP contribution in [0.1, 0.15) is 48.5 Å². The fourth-order valence-electron chi connectivity index (χ4n) is 4.66. The summed E-state index contributed by atoms with van der Waals surface area (Å²) in [6.07, 6.45) is -15.0. The highest BCUT2D eigenvalue weighted by atomic mass is 16.8. The molecule has 2 saturated heterocycles. The maximum Gasteiger partial charge on any atom is 0.303 e. The standard InChI is InChI=1S/C27H38O18/c1-11(28)36-9-18-20(38-13(3)30)22(39-14(4)31)25(42-17(7)34)27(44-18)45-21-19(10-37-12(2)29)43-26(35-8)24(41-16(6)33)23(21)40-15(5)32/h18-27H,9-10H2,1-8H3/t18-,19-,20-,21-,22+,23+,24-,25+,26+,27+/m1/s1. The van der Waals surface area contributed by atoms with Crippen LogP contribution in [0.5, 0.6) is 0 Å². The van der Waals surface area contributed by atoms with Crippen molar-refractivity contribution >= 4 is 41.8 Å². The van der Waals surface area contributed by atoms with Gasteiger partial charge in [0, 0.05) is 55.6 Å². The number of carbonyl (C=O) groups excluding carboxylic acids is 7. The molecule has 0 aliphatic carbocycles. The molecule has 0 spiro atoms. The molecule has 0 aromatic rings. The van der Waals surface area contributed by atoms with Crippen LogP contribution in [0.15, 0.2) is 0 Å². The van der Waals surface area contributed by atoms with Gasteiger partial charge < -0.3 is 52.1 Å². The van der Waals surface area contributed by atoms with E-state index >= 15 is 0 Å². The van der Waals surface area contributed by atoms with E-state index in [2.05, 4.69) is 0 Å². The molecule has 254 valence electrons. The van der Waals surface area contributed by atoms with Crippen molar-refractivity contribution in [3.63, 3.8) is 0 Å². The first kappa shape index (κ1) is 37.3. The van der Waals surface area contributed by atoms with Gasteiger partial charge in [-0.1, -0.05) is 0 Å². The van der Waals surface area contributed by atoms with Gasteiger partial charge in [-0.3, -0.25) is 33.6 Å². The quantitative estimate of drug-likeness (QED) is 0.187. The Morgan fingerprint density at radius 3 is 1.18 bits per heavy atom. The van der Waals surface area contributed by atoms with Crippen molar-refractivity contribution in [3.05, 3.63) is 0 Å². The maximum atomic E-state index is 12.2. The van der Waals surface area contributed by atoms with Crippen LogP contribution in [-0.2, 0) is 85.7 Å². The van der Waals surface area contributed by atoms with E-state index in [1.807, 2.05) is 0 Å². The molecule has 10 atom stereocenters. The average Bonchev–Trinajstić information content (AvgIpc) is 2.90. The highest BCUT2D eigenvalue weighted by Gasteiger charge is 2.57. The number of methoxy groups -OCH3 is 1. The van der Waals surface area contributed by atoms with E-state index in [4.69, 9.17) is 52.1 Å². The lowest BCUT2D eigenvalue weighted by atomic mass is 9.96. The van der Waals surface area contributed by atoms with E-state index in [9.17, 15) is 33.6 Å². The van der Waals surface area contributed by atoms with Crippen LogP contribution >= 0.6 is 0 Å². The molecular weight excluding hydrogens is 612 g/mol. The van der Waals surface area contributed by atoms with E-state index in [-0.39, 0.29) is 0 Å². The number of hydrogen-bond acceptors (Lipinski definition) is 18. The van der Waals surface area contributed by atoms with E-state index in [1.165, 1.54) is 7.11 Å². The molecule has 0 saturated carbocycles. The summed E-state index contributed by atoms with van der Waals surface area (Å²) >= 11 is 0. The molecular formula is C27H38O18. The minimum Gasteiger partial charge on any atom is -0.463 e. The molecule has 0 aromatic carbocycles. The normalized spacial score (nSPS) is 31.0. The van der Waals surface area contributed by atoms with Gasteiger partial charge in [-0.2, -0.15) is 0 Å². The zero-order valence-electron chi connectivity index (χ0n) is 26.0. The SMILES string of the molecule is CO[C@H]1O[C@H](COC(C)=O)[C@@H](O[C@@H]2O[C@H](COC(C)=O)[C@@H](OC(C)=O)[C@H](OC(C)=O)[C@@H]2OC(C)=O)[C@H](OC(C)=O)[C@H]1OC(C)=O. The van der Waals surface area contributed by atoms with Gasteiger partial charge >= 0.3 is 41.8 Å². The smallest absolute Gasteiger partial charge is 0.303 e. The first-order valence-electron chi connectivity index (χ1n) is 13.7. The molecule has 18 heteroatoms. The van der Waals surface area contributed by atoms with Crippen molar-refractivity contribution in [2.24, 2.45) is 0 Å². The third kappa shape index (κ3) is 11.2. The third-order valence-electron chi connectivity index (χ3n) is 6.12. The van der Waals surface area contributed by atoms with Crippen LogP contribution < -0.4 is 0 Å². The molecule has 18 nitrogen and oxygen atoms in total. The Hall–Kier alpha value is -3.87. The average molecular weight is 651 g/mol. The number of carbonyl (C=O) groups is 7. The minimum atomic E-state index is -1.76. The molecule has 45 heavy (non-hydrogen) atoms. The largest absolute Gasteiger partial charge is 0.463 e. The van der Waals surface area contributed by atoms with E-state index in [1.54, 1.807) is 0 Å². The molecule has 2 fully saturated rings. The maximum absolute atomic E-state index is 12.2. The summed E-state index contributed by atoms with van der Waals surface area (Å²) in [5, 5.41) is 0. The first-order chi connectivity index (χ1) is 21.0. The van der Waals surface area contributed by atoms with Gasteiger partial charge in [0.2, 0.25) is 0 Å². The summed E-state index contributed by atoms with van der Waals surface area (Å²) < 4.78 is 60.6. The summed E-state index contributed by atoms with van der Waals surface area (Å²) in [6.45, 7) is 6.44. The lowest BCUT2D eigenvalue weighted by Gasteiger charge is -2.48.